The van der Waals surface area contributed by atoms with Crippen molar-refractivity contribution >= 4 is 23.3 Å². The van der Waals surface area contributed by atoms with E-state index in [9.17, 15) is 9.59 Å². The van der Waals surface area contributed by atoms with Gasteiger partial charge in [-0.3, -0.25) is 4.79 Å². The van der Waals surface area contributed by atoms with E-state index in [1.54, 1.807) is 0 Å². The molecule has 2 fully saturated rings. The number of piperidine rings is 1. The summed E-state index contributed by atoms with van der Waals surface area (Å²) in [5.74, 6) is 0.639. The molecule has 0 bridgehead atoms. The number of rotatable bonds is 5. The summed E-state index contributed by atoms with van der Waals surface area (Å²) in [4.78, 5) is 31.8. The molecule has 0 unspecified atom stereocenters. The van der Waals surface area contributed by atoms with Gasteiger partial charge in [-0.25, -0.2) is 4.79 Å². The average molecular weight is 449 g/mol. The maximum atomic E-state index is 12.8. The van der Waals surface area contributed by atoms with Gasteiger partial charge in [-0.2, -0.15) is 0 Å². The highest BCUT2D eigenvalue weighted by atomic mass is 16.2. The van der Waals surface area contributed by atoms with E-state index in [-0.39, 0.29) is 11.9 Å². The number of carbonyl (C=O) groups is 2. The summed E-state index contributed by atoms with van der Waals surface area (Å²) in [7, 11) is 0. The molecule has 2 aromatic carbocycles. The Kier molecular flexibility index (Phi) is 7.53. The van der Waals surface area contributed by atoms with E-state index < -0.39 is 0 Å². The summed E-state index contributed by atoms with van der Waals surface area (Å²) in [6, 6.07) is 16.4. The van der Waals surface area contributed by atoms with Gasteiger partial charge < -0.3 is 20.0 Å². The number of amides is 3. The molecule has 2 aromatic rings. The fourth-order valence-corrected chi connectivity index (χ4v) is 4.78. The van der Waals surface area contributed by atoms with Crippen molar-refractivity contribution < 1.29 is 9.59 Å². The van der Waals surface area contributed by atoms with Crippen LogP contribution in [0.2, 0.25) is 0 Å². The first kappa shape index (κ1) is 23.1. The quantitative estimate of drug-likeness (QED) is 0.723. The van der Waals surface area contributed by atoms with Crippen LogP contribution in [0.4, 0.5) is 16.2 Å². The normalized spacial score (nSPS) is 18.8. The van der Waals surface area contributed by atoms with Crippen LogP contribution >= 0.6 is 0 Å². The Balaban J connectivity index is 1.20. The van der Waals surface area contributed by atoms with Gasteiger partial charge in [0.2, 0.25) is 5.91 Å². The molecule has 0 aliphatic carbocycles. The van der Waals surface area contributed by atoms with Crippen molar-refractivity contribution in [1.29, 1.82) is 0 Å². The van der Waals surface area contributed by atoms with E-state index in [0.717, 1.165) is 64.2 Å². The highest BCUT2D eigenvalue weighted by Crippen LogP contribution is 2.23. The smallest absolute Gasteiger partial charge is 0.321 e. The summed E-state index contributed by atoms with van der Waals surface area (Å²) in [6.45, 7) is 8.96. The minimum absolute atomic E-state index is 0.0397. The Morgan fingerprint density at radius 1 is 0.848 bits per heavy atom. The van der Waals surface area contributed by atoms with E-state index >= 15 is 0 Å². The lowest BCUT2D eigenvalue weighted by Crippen LogP contribution is -2.49. The van der Waals surface area contributed by atoms with Crippen LogP contribution in [0.15, 0.2) is 48.5 Å². The van der Waals surface area contributed by atoms with Crippen LogP contribution in [-0.2, 0) is 4.79 Å². The lowest BCUT2D eigenvalue weighted by atomic mass is 9.93. The molecule has 2 aliphatic rings. The maximum absolute atomic E-state index is 12.8. The number of carbonyl (C=O) groups excluding carboxylic acids is 2. The summed E-state index contributed by atoms with van der Waals surface area (Å²) in [5.41, 5.74) is 4.50. The Hall–Kier alpha value is -3.02. The van der Waals surface area contributed by atoms with Crippen LogP contribution in [-0.4, -0.2) is 61.0 Å². The van der Waals surface area contributed by atoms with E-state index in [0.29, 0.717) is 12.3 Å². The zero-order valence-electron chi connectivity index (χ0n) is 19.9. The first-order valence-electron chi connectivity index (χ1n) is 12.2. The van der Waals surface area contributed by atoms with Crippen LogP contribution in [0.1, 0.15) is 36.8 Å². The van der Waals surface area contributed by atoms with Crippen LogP contribution in [0.5, 0.6) is 0 Å². The Bertz CT molecular complexity index is 934. The van der Waals surface area contributed by atoms with Crippen molar-refractivity contribution in [3.8, 4) is 0 Å². The molecule has 2 heterocycles. The Morgan fingerprint density at radius 3 is 2.15 bits per heavy atom. The van der Waals surface area contributed by atoms with Crippen molar-refractivity contribution in [1.82, 2.24) is 9.80 Å². The molecule has 0 saturated carbocycles. The summed E-state index contributed by atoms with van der Waals surface area (Å²) >= 11 is 0. The highest BCUT2D eigenvalue weighted by molar-refractivity contribution is 5.89. The minimum Gasteiger partial charge on any atom is -0.368 e. The third-order valence-electron chi connectivity index (χ3n) is 6.91. The zero-order chi connectivity index (χ0) is 23.2. The first-order chi connectivity index (χ1) is 16.0. The van der Waals surface area contributed by atoms with Gasteiger partial charge in [0.05, 0.1) is 0 Å². The number of hydrogen-bond donors (Lipinski definition) is 1. The Labute approximate surface area is 197 Å². The van der Waals surface area contributed by atoms with E-state index in [1.165, 1.54) is 16.8 Å². The second-order valence-corrected chi connectivity index (χ2v) is 9.49. The molecule has 1 N–H and O–H groups in total. The third-order valence-corrected chi connectivity index (χ3v) is 6.91. The molecule has 3 amide bonds. The number of piperazine rings is 1. The van der Waals surface area contributed by atoms with Gasteiger partial charge in [0.15, 0.2) is 0 Å². The predicted molar refractivity (Wildman–Crippen MR) is 134 cm³/mol. The number of urea groups is 1. The summed E-state index contributed by atoms with van der Waals surface area (Å²) in [5, 5.41) is 3.00. The lowest BCUT2D eigenvalue weighted by Gasteiger charge is -2.37. The van der Waals surface area contributed by atoms with E-state index in [1.807, 2.05) is 41.0 Å². The third kappa shape index (κ3) is 6.28. The minimum atomic E-state index is -0.0397. The maximum Gasteiger partial charge on any atom is 0.321 e. The molecule has 0 spiro atoms. The van der Waals surface area contributed by atoms with Gasteiger partial charge in [0.1, 0.15) is 0 Å². The molecule has 33 heavy (non-hydrogen) atoms. The van der Waals surface area contributed by atoms with Crippen molar-refractivity contribution in [3.05, 3.63) is 59.7 Å². The molecule has 0 radical (unpaired) electrons. The second kappa shape index (κ2) is 10.7. The van der Waals surface area contributed by atoms with Crippen molar-refractivity contribution in [3.63, 3.8) is 0 Å². The molecule has 4 rings (SSSR count). The highest BCUT2D eigenvalue weighted by Gasteiger charge is 2.26. The monoisotopic (exact) mass is 448 g/mol. The molecule has 1 atom stereocenters. The molecule has 176 valence electrons. The van der Waals surface area contributed by atoms with Gasteiger partial charge in [0.25, 0.3) is 0 Å². The largest absolute Gasteiger partial charge is 0.368 e. The average Bonchev–Trinajstić information content (AvgIpc) is 2.85. The molecule has 2 aliphatic heterocycles. The van der Waals surface area contributed by atoms with E-state index in [4.69, 9.17) is 0 Å². The molecule has 2 saturated heterocycles. The zero-order valence-corrected chi connectivity index (χ0v) is 19.9. The number of anilines is 2. The number of hydrogen-bond acceptors (Lipinski definition) is 3. The summed E-state index contributed by atoms with van der Waals surface area (Å²) < 4.78 is 0. The number of nitrogens with one attached hydrogen (secondary N) is 1. The number of likely N-dealkylation sites (tertiary alicyclic amines) is 1. The second-order valence-electron chi connectivity index (χ2n) is 9.49. The van der Waals surface area contributed by atoms with Crippen LogP contribution in [0, 0.1) is 19.8 Å². The lowest BCUT2D eigenvalue weighted by molar-refractivity contribution is -0.131. The molecule has 0 aromatic heterocycles. The van der Waals surface area contributed by atoms with Crippen LogP contribution in [0.3, 0.4) is 0 Å². The van der Waals surface area contributed by atoms with E-state index in [2.05, 4.69) is 41.4 Å². The number of aryl methyl sites for hydroxylation is 2. The van der Waals surface area contributed by atoms with Gasteiger partial charge in [-0.05, 0) is 63.3 Å². The molecule has 6 heteroatoms. The first-order valence-corrected chi connectivity index (χ1v) is 12.2. The Morgan fingerprint density at radius 2 is 1.48 bits per heavy atom. The van der Waals surface area contributed by atoms with Gasteiger partial charge in [-0.15, -0.1) is 0 Å². The van der Waals surface area contributed by atoms with Crippen molar-refractivity contribution in [2.45, 2.75) is 39.5 Å². The van der Waals surface area contributed by atoms with Gasteiger partial charge in [0, 0.05) is 57.1 Å². The molecule has 6 nitrogen and oxygen atoms in total. The number of benzene rings is 2. The van der Waals surface area contributed by atoms with Crippen molar-refractivity contribution in [2.75, 3.05) is 49.5 Å². The standard InChI is InChI=1S/C27H36N4O2/c1-21-5-10-24(11-6-21)28-27(33)31-15-3-4-23(20-31)9-14-26(32)30-18-16-29(17-19-30)25-12-7-22(2)8-13-25/h5-8,10-13,23H,3-4,9,14-20H2,1-2H3,(H,28,33)/t23-/m1/s1. The molecular weight excluding hydrogens is 412 g/mol. The van der Waals surface area contributed by atoms with Gasteiger partial charge >= 0.3 is 6.03 Å². The van der Waals surface area contributed by atoms with Crippen molar-refractivity contribution in [2.24, 2.45) is 5.92 Å². The predicted octanol–water partition coefficient (Wildman–Crippen LogP) is 4.68. The fourth-order valence-electron chi connectivity index (χ4n) is 4.78. The van der Waals surface area contributed by atoms with Gasteiger partial charge in [-0.1, -0.05) is 35.4 Å². The SMILES string of the molecule is Cc1ccc(NC(=O)N2CCC[C@H](CCC(=O)N3CCN(c4ccc(C)cc4)CC3)C2)cc1. The van der Waals surface area contributed by atoms with Crippen LogP contribution < -0.4 is 10.2 Å². The number of nitrogens with zero attached hydrogens (tertiary/aromatic N) is 3. The molecular formula is C27H36N4O2. The fraction of sp³-hybridized carbons (Fsp3) is 0.481. The van der Waals surface area contributed by atoms with Crippen LogP contribution in [0.25, 0.3) is 0 Å². The topological polar surface area (TPSA) is 55.9 Å². The summed E-state index contributed by atoms with van der Waals surface area (Å²) in [6.07, 6.45) is 3.51.